The van der Waals surface area contributed by atoms with Crippen molar-refractivity contribution in [1.82, 2.24) is 0 Å². The smallest absolute Gasteiger partial charge is 0.0526 e. The molecular weight excluding hydrogens is 192 g/mol. The summed E-state index contributed by atoms with van der Waals surface area (Å²) in [6.45, 7) is 0.929. The third-order valence-corrected chi connectivity index (χ3v) is 3.59. The highest BCUT2D eigenvalue weighted by atomic mass is 79.9. The minimum absolute atomic E-state index is 0.481. The summed E-state index contributed by atoms with van der Waals surface area (Å²) in [6.07, 6.45) is 5.45. The van der Waals surface area contributed by atoms with Crippen LogP contribution >= 0.6 is 15.9 Å². The molecule has 0 amide bonds. The molecule has 0 bridgehead atoms. The Morgan fingerprint density at radius 2 is 2.00 bits per heavy atom. The van der Waals surface area contributed by atoms with Crippen molar-refractivity contribution in [3.63, 3.8) is 0 Å². The van der Waals surface area contributed by atoms with Gasteiger partial charge in [-0.15, -0.1) is 0 Å². The SMILES string of the molecule is COCC1(CBr)CCCC1. The van der Waals surface area contributed by atoms with Crippen molar-refractivity contribution in [3.8, 4) is 0 Å². The minimum atomic E-state index is 0.481. The molecule has 0 aromatic carbocycles. The second-order valence-corrected chi connectivity index (χ2v) is 3.83. The number of halogens is 1. The first-order chi connectivity index (χ1) is 4.83. The quantitative estimate of drug-likeness (QED) is 0.646. The number of rotatable bonds is 3. The van der Waals surface area contributed by atoms with Gasteiger partial charge in [-0.1, -0.05) is 28.8 Å². The Balaban J connectivity index is 2.41. The van der Waals surface area contributed by atoms with Gasteiger partial charge >= 0.3 is 0 Å². The van der Waals surface area contributed by atoms with E-state index in [1.54, 1.807) is 7.11 Å². The molecule has 0 aromatic heterocycles. The summed E-state index contributed by atoms with van der Waals surface area (Å²) >= 11 is 3.55. The zero-order chi connectivity index (χ0) is 7.45. The molecule has 0 aromatic rings. The molecule has 0 aliphatic heterocycles. The van der Waals surface area contributed by atoms with Gasteiger partial charge in [-0.3, -0.25) is 0 Å². The van der Waals surface area contributed by atoms with Crippen molar-refractivity contribution in [2.45, 2.75) is 25.7 Å². The Morgan fingerprint density at radius 3 is 2.40 bits per heavy atom. The molecule has 2 heteroatoms. The van der Waals surface area contributed by atoms with Crippen LogP contribution in [0.2, 0.25) is 0 Å². The molecular formula is C8H15BrO. The highest BCUT2D eigenvalue weighted by Crippen LogP contribution is 2.39. The Hall–Kier alpha value is 0.440. The molecule has 0 heterocycles. The molecule has 0 spiro atoms. The van der Waals surface area contributed by atoms with Crippen molar-refractivity contribution < 1.29 is 4.74 Å². The summed E-state index contributed by atoms with van der Waals surface area (Å²) in [6, 6.07) is 0. The maximum absolute atomic E-state index is 5.19. The first-order valence-electron chi connectivity index (χ1n) is 3.88. The van der Waals surface area contributed by atoms with Crippen LogP contribution in [0.25, 0.3) is 0 Å². The fraction of sp³-hybridized carbons (Fsp3) is 1.00. The van der Waals surface area contributed by atoms with E-state index in [9.17, 15) is 0 Å². The van der Waals surface area contributed by atoms with Crippen LogP contribution < -0.4 is 0 Å². The van der Waals surface area contributed by atoms with E-state index in [2.05, 4.69) is 15.9 Å². The van der Waals surface area contributed by atoms with Gasteiger partial charge in [0.1, 0.15) is 0 Å². The minimum Gasteiger partial charge on any atom is -0.384 e. The maximum Gasteiger partial charge on any atom is 0.0526 e. The maximum atomic E-state index is 5.19. The van der Waals surface area contributed by atoms with Crippen LogP contribution in [0, 0.1) is 5.41 Å². The molecule has 1 nitrogen and oxygen atoms in total. The van der Waals surface area contributed by atoms with Gasteiger partial charge in [0.25, 0.3) is 0 Å². The van der Waals surface area contributed by atoms with E-state index >= 15 is 0 Å². The molecule has 1 rings (SSSR count). The normalized spacial score (nSPS) is 23.4. The van der Waals surface area contributed by atoms with Crippen molar-refractivity contribution in [2.24, 2.45) is 5.41 Å². The van der Waals surface area contributed by atoms with E-state index in [4.69, 9.17) is 4.74 Å². The summed E-state index contributed by atoms with van der Waals surface area (Å²) in [4.78, 5) is 0. The number of hydrogen-bond donors (Lipinski definition) is 0. The van der Waals surface area contributed by atoms with Gasteiger partial charge < -0.3 is 4.74 Å². The zero-order valence-electron chi connectivity index (χ0n) is 6.53. The number of alkyl halides is 1. The van der Waals surface area contributed by atoms with E-state index in [0.717, 1.165) is 11.9 Å². The second-order valence-electron chi connectivity index (χ2n) is 3.27. The Kier molecular flexibility index (Phi) is 3.18. The van der Waals surface area contributed by atoms with Gasteiger partial charge in [0.05, 0.1) is 6.61 Å². The van der Waals surface area contributed by atoms with Crippen LogP contribution in [0.3, 0.4) is 0 Å². The summed E-state index contributed by atoms with van der Waals surface area (Å²) in [7, 11) is 1.79. The molecule has 0 N–H and O–H groups in total. The lowest BCUT2D eigenvalue weighted by molar-refractivity contribution is 0.101. The Morgan fingerprint density at radius 1 is 1.40 bits per heavy atom. The molecule has 0 unspecified atom stereocenters. The highest BCUT2D eigenvalue weighted by molar-refractivity contribution is 9.09. The predicted molar refractivity (Wildman–Crippen MR) is 46.6 cm³/mol. The predicted octanol–water partition coefficient (Wildman–Crippen LogP) is 2.59. The molecule has 1 fully saturated rings. The van der Waals surface area contributed by atoms with Gasteiger partial charge in [0.15, 0.2) is 0 Å². The van der Waals surface area contributed by atoms with E-state index < -0.39 is 0 Å². The van der Waals surface area contributed by atoms with E-state index in [1.165, 1.54) is 25.7 Å². The lowest BCUT2D eigenvalue weighted by Gasteiger charge is -2.24. The van der Waals surface area contributed by atoms with Gasteiger partial charge in [0, 0.05) is 17.9 Å². The monoisotopic (exact) mass is 206 g/mol. The van der Waals surface area contributed by atoms with Gasteiger partial charge in [-0.25, -0.2) is 0 Å². The van der Waals surface area contributed by atoms with E-state index in [1.807, 2.05) is 0 Å². The molecule has 0 saturated heterocycles. The first-order valence-corrected chi connectivity index (χ1v) is 5.00. The first kappa shape index (κ1) is 8.54. The second kappa shape index (κ2) is 3.72. The summed E-state index contributed by atoms with van der Waals surface area (Å²) < 4.78 is 5.19. The lowest BCUT2D eigenvalue weighted by atomic mass is 9.90. The topological polar surface area (TPSA) is 9.23 Å². The molecule has 0 atom stereocenters. The Bertz CT molecular complexity index is 97.4. The average Bonchev–Trinajstić information content (AvgIpc) is 2.39. The fourth-order valence-electron chi connectivity index (χ4n) is 1.75. The summed E-state index contributed by atoms with van der Waals surface area (Å²) in [5.41, 5.74) is 0.481. The summed E-state index contributed by atoms with van der Waals surface area (Å²) in [5, 5.41) is 1.10. The number of hydrogen-bond acceptors (Lipinski definition) is 1. The third kappa shape index (κ3) is 1.73. The van der Waals surface area contributed by atoms with Crippen molar-refractivity contribution in [3.05, 3.63) is 0 Å². The molecule has 10 heavy (non-hydrogen) atoms. The van der Waals surface area contributed by atoms with Crippen LogP contribution in [0.5, 0.6) is 0 Å². The lowest BCUT2D eigenvalue weighted by Crippen LogP contribution is -2.24. The van der Waals surface area contributed by atoms with E-state index in [-0.39, 0.29) is 0 Å². The average molecular weight is 207 g/mol. The zero-order valence-corrected chi connectivity index (χ0v) is 8.11. The van der Waals surface area contributed by atoms with Gasteiger partial charge in [0.2, 0.25) is 0 Å². The van der Waals surface area contributed by atoms with Crippen LogP contribution in [-0.2, 0) is 4.74 Å². The highest BCUT2D eigenvalue weighted by Gasteiger charge is 2.32. The molecule has 1 aliphatic carbocycles. The molecule has 60 valence electrons. The van der Waals surface area contributed by atoms with Crippen LogP contribution in [-0.4, -0.2) is 19.0 Å². The number of methoxy groups -OCH3 is 1. The molecule has 1 saturated carbocycles. The Labute approximate surface area is 71.3 Å². The van der Waals surface area contributed by atoms with E-state index in [0.29, 0.717) is 5.41 Å². The molecule has 1 aliphatic rings. The van der Waals surface area contributed by atoms with Crippen LogP contribution in [0.15, 0.2) is 0 Å². The molecule has 0 radical (unpaired) electrons. The fourth-order valence-corrected chi connectivity index (χ4v) is 2.47. The third-order valence-electron chi connectivity index (χ3n) is 2.40. The largest absolute Gasteiger partial charge is 0.384 e. The van der Waals surface area contributed by atoms with Crippen molar-refractivity contribution in [2.75, 3.05) is 19.0 Å². The van der Waals surface area contributed by atoms with Gasteiger partial charge in [-0.05, 0) is 12.8 Å². The van der Waals surface area contributed by atoms with Crippen LogP contribution in [0.1, 0.15) is 25.7 Å². The summed E-state index contributed by atoms with van der Waals surface area (Å²) in [5.74, 6) is 0. The number of ether oxygens (including phenoxy) is 1. The van der Waals surface area contributed by atoms with Gasteiger partial charge in [-0.2, -0.15) is 0 Å². The van der Waals surface area contributed by atoms with Crippen molar-refractivity contribution >= 4 is 15.9 Å². The van der Waals surface area contributed by atoms with Crippen molar-refractivity contribution in [1.29, 1.82) is 0 Å². The standard InChI is InChI=1S/C8H15BrO/c1-10-7-8(6-9)4-2-3-5-8/h2-7H2,1H3. The van der Waals surface area contributed by atoms with Crippen LogP contribution in [0.4, 0.5) is 0 Å².